The summed E-state index contributed by atoms with van der Waals surface area (Å²) in [5.41, 5.74) is 6.19. The van der Waals surface area contributed by atoms with Crippen molar-refractivity contribution >= 4 is 11.2 Å². The summed E-state index contributed by atoms with van der Waals surface area (Å²) in [4.78, 5) is 13.0. The van der Waals surface area contributed by atoms with Gasteiger partial charge >= 0.3 is 0 Å². The number of hydrogen-bond acceptors (Lipinski definition) is 2. The zero-order chi connectivity index (χ0) is 16.4. The molecule has 4 aromatic rings. The number of aromatic amines is 1. The topological polar surface area (TPSA) is 41.6 Å². The summed E-state index contributed by atoms with van der Waals surface area (Å²) < 4.78 is 0. The smallest absolute Gasteiger partial charge is 0.178 e. The quantitative estimate of drug-likeness (QED) is 0.559. The Morgan fingerprint density at radius 3 is 2.17 bits per heavy atom. The minimum Gasteiger partial charge on any atom is -0.340 e. The fraction of sp³-hybridized carbons (Fsp3) is 0.143. The summed E-state index contributed by atoms with van der Waals surface area (Å²) in [6, 6.07) is 22.8. The van der Waals surface area contributed by atoms with Crippen LogP contribution in [0.4, 0.5) is 0 Å². The minimum absolute atomic E-state index is 0.790. The molecule has 0 atom stereocenters. The van der Waals surface area contributed by atoms with Gasteiger partial charge in [0.2, 0.25) is 0 Å². The van der Waals surface area contributed by atoms with E-state index in [0.717, 1.165) is 46.7 Å². The second kappa shape index (κ2) is 6.28. The Labute approximate surface area is 141 Å². The van der Waals surface area contributed by atoms with E-state index in [4.69, 9.17) is 9.97 Å². The summed E-state index contributed by atoms with van der Waals surface area (Å²) in [6.45, 7) is 2.16. The molecule has 0 spiro atoms. The van der Waals surface area contributed by atoms with Crippen molar-refractivity contribution in [3.63, 3.8) is 0 Å². The van der Waals surface area contributed by atoms with Crippen molar-refractivity contribution in [2.45, 2.75) is 19.8 Å². The lowest BCUT2D eigenvalue weighted by Gasteiger charge is -2.07. The Bertz CT molecular complexity index is 956. The van der Waals surface area contributed by atoms with E-state index >= 15 is 0 Å². The fourth-order valence-corrected chi connectivity index (χ4v) is 2.99. The average Bonchev–Trinajstić information content (AvgIpc) is 3.05. The molecular weight excluding hydrogens is 294 g/mol. The van der Waals surface area contributed by atoms with Gasteiger partial charge in [0, 0.05) is 17.5 Å². The van der Waals surface area contributed by atoms with Crippen LogP contribution in [-0.2, 0) is 6.42 Å². The lowest BCUT2D eigenvalue weighted by Crippen LogP contribution is -1.89. The zero-order valence-electron chi connectivity index (χ0n) is 13.7. The highest BCUT2D eigenvalue weighted by Crippen LogP contribution is 2.31. The van der Waals surface area contributed by atoms with Gasteiger partial charge in [-0.1, -0.05) is 67.6 Å². The van der Waals surface area contributed by atoms with Crippen LogP contribution in [0.15, 0.2) is 66.7 Å². The predicted molar refractivity (Wildman–Crippen MR) is 98.8 cm³/mol. The van der Waals surface area contributed by atoms with Crippen LogP contribution in [-0.4, -0.2) is 15.0 Å². The Morgan fingerprint density at radius 1 is 0.833 bits per heavy atom. The summed E-state index contributed by atoms with van der Waals surface area (Å²) in [5.74, 6) is 1.00. The van der Waals surface area contributed by atoms with E-state index in [2.05, 4.69) is 54.4 Å². The molecule has 2 aromatic heterocycles. The molecule has 1 N–H and O–H groups in total. The van der Waals surface area contributed by atoms with E-state index in [1.54, 1.807) is 0 Å². The average molecular weight is 313 g/mol. The van der Waals surface area contributed by atoms with E-state index in [9.17, 15) is 0 Å². The van der Waals surface area contributed by atoms with Gasteiger partial charge in [0.25, 0.3) is 0 Å². The molecule has 0 aliphatic rings. The van der Waals surface area contributed by atoms with Crippen molar-refractivity contribution < 1.29 is 0 Å². The largest absolute Gasteiger partial charge is 0.340 e. The van der Waals surface area contributed by atoms with Crippen LogP contribution in [0, 0.1) is 0 Å². The monoisotopic (exact) mass is 313 g/mol. The second-order valence-corrected chi connectivity index (χ2v) is 5.92. The SMILES string of the molecule is CCCc1nc2nc(-c3ccccc3)cc(-c3ccccc3)c2[nH]1. The molecule has 0 saturated heterocycles. The molecule has 0 saturated carbocycles. The first-order chi connectivity index (χ1) is 11.8. The lowest BCUT2D eigenvalue weighted by atomic mass is 10.0. The molecule has 0 aliphatic heterocycles. The zero-order valence-corrected chi connectivity index (χ0v) is 13.7. The van der Waals surface area contributed by atoms with Gasteiger partial charge < -0.3 is 4.98 Å². The Morgan fingerprint density at radius 2 is 1.50 bits per heavy atom. The van der Waals surface area contributed by atoms with Crippen LogP contribution in [0.2, 0.25) is 0 Å². The van der Waals surface area contributed by atoms with Gasteiger partial charge in [0.15, 0.2) is 5.65 Å². The van der Waals surface area contributed by atoms with Crippen LogP contribution < -0.4 is 0 Å². The molecule has 0 aliphatic carbocycles. The molecule has 2 heterocycles. The van der Waals surface area contributed by atoms with Crippen molar-refractivity contribution in [2.75, 3.05) is 0 Å². The molecule has 3 nitrogen and oxygen atoms in total. The van der Waals surface area contributed by atoms with Crippen LogP contribution in [0.5, 0.6) is 0 Å². The van der Waals surface area contributed by atoms with E-state index < -0.39 is 0 Å². The summed E-state index contributed by atoms with van der Waals surface area (Å²) in [5, 5.41) is 0. The first kappa shape index (κ1) is 14.6. The number of benzene rings is 2. The number of fused-ring (bicyclic) bond motifs is 1. The standard InChI is InChI=1S/C21H19N3/c1-2-9-19-23-20-17(15-10-5-3-6-11-15)14-18(22-21(20)24-19)16-12-7-4-8-13-16/h3-8,10-14H,2,9H2,1H3,(H,22,23,24). The number of aromatic nitrogens is 3. The first-order valence-electron chi connectivity index (χ1n) is 8.35. The summed E-state index contributed by atoms with van der Waals surface area (Å²) in [6.07, 6.45) is 2.00. The molecule has 24 heavy (non-hydrogen) atoms. The van der Waals surface area contributed by atoms with Crippen molar-refractivity contribution in [1.29, 1.82) is 0 Å². The van der Waals surface area contributed by atoms with Gasteiger partial charge in [-0.3, -0.25) is 0 Å². The number of pyridine rings is 1. The van der Waals surface area contributed by atoms with E-state index in [1.807, 2.05) is 24.3 Å². The van der Waals surface area contributed by atoms with Gasteiger partial charge in [0.1, 0.15) is 5.82 Å². The number of rotatable bonds is 4. The molecule has 4 rings (SSSR count). The number of H-pyrrole nitrogens is 1. The third-order valence-corrected chi connectivity index (χ3v) is 4.15. The molecular formula is C21H19N3. The Kier molecular flexibility index (Phi) is 3.83. The van der Waals surface area contributed by atoms with Crippen LogP contribution in [0.25, 0.3) is 33.5 Å². The van der Waals surface area contributed by atoms with Crippen LogP contribution in [0.3, 0.4) is 0 Å². The molecule has 118 valence electrons. The number of imidazole rings is 1. The normalized spacial score (nSPS) is 11.0. The molecule has 3 heteroatoms. The molecule has 2 aromatic carbocycles. The Balaban J connectivity index is 1.96. The number of nitrogens with one attached hydrogen (secondary N) is 1. The van der Waals surface area contributed by atoms with E-state index in [-0.39, 0.29) is 0 Å². The van der Waals surface area contributed by atoms with Gasteiger partial charge in [-0.15, -0.1) is 0 Å². The highest BCUT2D eigenvalue weighted by Gasteiger charge is 2.13. The van der Waals surface area contributed by atoms with Gasteiger partial charge in [-0.05, 0) is 18.1 Å². The first-order valence-corrected chi connectivity index (χ1v) is 8.35. The van der Waals surface area contributed by atoms with Crippen molar-refractivity contribution in [3.05, 3.63) is 72.6 Å². The van der Waals surface area contributed by atoms with Crippen molar-refractivity contribution in [1.82, 2.24) is 15.0 Å². The summed E-state index contributed by atoms with van der Waals surface area (Å²) in [7, 11) is 0. The second-order valence-electron chi connectivity index (χ2n) is 5.92. The Hall–Kier alpha value is -2.94. The predicted octanol–water partition coefficient (Wildman–Crippen LogP) is 5.24. The van der Waals surface area contributed by atoms with Gasteiger partial charge in [0.05, 0.1) is 11.2 Å². The molecule has 0 unspecified atom stereocenters. The fourth-order valence-electron chi connectivity index (χ4n) is 2.99. The summed E-state index contributed by atoms with van der Waals surface area (Å²) >= 11 is 0. The van der Waals surface area contributed by atoms with Crippen molar-refractivity contribution in [3.8, 4) is 22.4 Å². The maximum absolute atomic E-state index is 4.79. The highest BCUT2D eigenvalue weighted by molar-refractivity contribution is 5.92. The maximum Gasteiger partial charge on any atom is 0.178 e. The number of hydrogen-bond donors (Lipinski definition) is 1. The minimum atomic E-state index is 0.790. The number of aryl methyl sites for hydroxylation is 1. The molecule has 0 amide bonds. The van der Waals surface area contributed by atoms with E-state index in [0.29, 0.717) is 0 Å². The lowest BCUT2D eigenvalue weighted by molar-refractivity contribution is 0.860. The van der Waals surface area contributed by atoms with Crippen molar-refractivity contribution in [2.24, 2.45) is 0 Å². The van der Waals surface area contributed by atoms with Gasteiger partial charge in [-0.2, -0.15) is 0 Å². The maximum atomic E-state index is 4.79. The molecule has 0 radical (unpaired) electrons. The van der Waals surface area contributed by atoms with E-state index in [1.165, 1.54) is 5.56 Å². The molecule has 0 bridgehead atoms. The third-order valence-electron chi connectivity index (χ3n) is 4.15. The molecule has 0 fully saturated rings. The van der Waals surface area contributed by atoms with Crippen LogP contribution in [0.1, 0.15) is 19.2 Å². The third kappa shape index (κ3) is 2.69. The highest BCUT2D eigenvalue weighted by atomic mass is 15.0. The number of nitrogens with zero attached hydrogens (tertiary/aromatic N) is 2. The van der Waals surface area contributed by atoms with Crippen LogP contribution >= 0.6 is 0 Å². The van der Waals surface area contributed by atoms with Gasteiger partial charge in [-0.25, -0.2) is 9.97 Å².